The van der Waals surface area contributed by atoms with Gasteiger partial charge in [-0.2, -0.15) is 0 Å². The van der Waals surface area contributed by atoms with E-state index in [4.69, 9.17) is 0 Å². The minimum absolute atomic E-state index is 0.0383. The molecule has 6 nitrogen and oxygen atoms in total. The Balaban J connectivity index is 1.66. The lowest BCUT2D eigenvalue weighted by Gasteiger charge is -2.15. The van der Waals surface area contributed by atoms with Crippen LogP contribution in [-0.4, -0.2) is 39.8 Å². The molecule has 1 fully saturated rings. The lowest BCUT2D eigenvalue weighted by Crippen LogP contribution is -2.29. The van der Waals surface area contributed by atoms with Crippen LogP contribution < -0.4 is 5.32 Å². The van der Waals surface area contributed by atoms with E-state index in [-0.39, 0.29) is 17.5 Å². The zero-order chi connectivity index (χ0) is 16.1. The van der Waals surface area contributed by atoms with Crippen LogP contribution in [0.2, 0.25) is 0 Å². The number of nitrogens with one attached hydrogen (secondary N) is 1. The Hall–Kier alpha value is -2.76. The molecule has 1 N–H and O–H groups in total. The highest BCUT2D eigenvalue weighted by Gasteiger charge is 2.20. The van der Waals surface area contributed by atoms with E-state index in [1.165, 1.54) is 6.20 Å². The summed E-state index contributed by atoms with van der Waals surface area (Å²) in [7, 11) is 0. The molecule has 0 saturated carbocycles. The van der Waals surface area contributed by atoms with E-state index < -0.39 is 0 Å². The van der Waals surface area contributed by atoms with Gasteiger partial charge in [0.25, 0.3) is 11.8 Å². The summed E-state index contributed by atoms with van der Waals surface area (Å²) < 4.78 is 0. The van der Waals surface area contributed by atoms with Crippen LogP contribution in [0.1, 0.15) is 39.4 Å². The van der Waals surface area contributed by atoms with E-state index >= 15 is 0 Å². The number of likely N-dealkylation sites (tertiary alicyclic amines) is 1. The molecule has 0 radical (unpaired) electrons. The molecule has 118 valence electrons. The topological polar surface area (TPSA) is 75.2 Å². The summed E-state index contributed by atoms with van der Waals surface area (Å²) in [6.45, 7) is 1.89. The number of pyridine rings is 2. The van der Waals surface area contributed by atoms with E-state index in [0.717, 1.165) is 31.6 Å². The molecule has 3 rings (SSSR count). The van der Waals surface area contributed by atoms with Crippen molar-refractivity contribution in [2.75, 3.05) is 13.1 Å². The molecule has 2 aromatic heterocycles. The molecule has 0 bridgehead atoms. The summed E-state index contributed by atoms with van der Waals surface area (Å²) in [6.07, 6.45) is 5.25. The Labute approximate surface area is 134 Å². The van der Waals surface area contributed by atoms with Crippen LogP contribution >= 0.6 is 0 Å². The Bertz CT molecular complexity index is 697. The third-order valence-electron chi connectivity index (χ3n) is 3.79. The Kier molecular flexibility index (Phi) is 4.61. The van der Waals surface area contributed by atoms with E-state index in [1.807, 2.05) is 23.1 Å². The molecule has 1 aliphatic heterocycles. The Morgan fingerprint density at radius 3 is 2.65 bits per heavy atom. The minimum Gasteiger partial charge on any atom is -0.345 e. The van der Waals surface area contributed by atoms with Gasteiger partial charge < -0.3 is 10.2 Å². The summed E-state index contributed by atoms with van der Waals surface area (Å²) in [4.78, 5) is 34.6. The summed E-state index contributed by atoms with van der Waals surface area (Å²) in [5.41, 5.74) is 1.51. The summed E-state index contributed by atoms with van der Waals surface area (Å²) in [5.74, 6) is -0.351. The fourth-order valence-electron chi connectivity index (χ4n) is 2.55. The molecule has 23 heavy (non-hydrogen) atoms. The van der Waals surface area contributed by atoms with E-state index in [9.17, 15) is 9.59 Å². The first kappa shape index (κ1) is 15.1. The first-order chi connectivity index (χ1) is 11.2. The van der Waals surface area contributed by atoms with Gasteiger partial charge in [-0.3, -0.25) is 19.6 Å². The highest BCUT2D eigenvalue weighted by Crippen LogP contribution is 2.13. The molecule has 1 saturated heterocycles. The highest BCUT2D eigenvalue weighted by atomic mass is 16.2. The summed E-state index contributed by atoms with van der Waals surface area (Å²) in [5, 5.41) is 2.76. The maximum absolute atomic E-state index is 12.4. The average Bonchev–Trinajstić information content (AvgIpc) is 3.14. The lowest BCUT2D eigenvalue weighted by atomic mass is 10.2. The summed E-state index contributed by atoms with van der Waals surface area (Å²) >= 11 is 0. The predicted octanol–water partition coefficient (Wildman–Crippen LogP) is 1.64. The van der Waals surface area contributed by atoms with E-state index in [2.05, 4.69) is 15.3 Å². The highest BCUT2D eigenvalue weighted by molar-refractivity contribution is 5.98. The van der Waals surface area contributed by atoms with Crippen molar-refractivity contribution in [3.8, 4) is 0 Å². The second kappa shape index (κ2) is 7.00. The van der Waals surface area contributed by atoms with Crippen molar-refractivity contribution in [3.63, 3.8) is 0 Å². The first-order valence-electron chi connectivity index (χ1n) is 7.67. The average molecular weight is 310 g/mol. The van der Waals surface area contributed by atoms with Crippen molar-refractivity contribution in [2.45, 2.75) is 19.4 Å². The van der Waals surface area contributed by atoms with Crippen LogP contribution in [0.3, 0.4) is 0 Å². The SMILES string of the molecule is O=C(NCc1ccccn1)c1cc(C(=O)N2CCCC2)ccn1. The number of rotatable bonds is 4. The molecule has 0 aliphatic carbocycles. The molecule has 0 atom stereocenters. The lowest BCUT2D eigenvalue weighted by molar-refractivity contribution is 0.0792. The molecule has 3 heterocycles. The fourth-order valence-corrected chi connectivity index (χ4v) is 2.55. The van der Waals surface area contributed by atoms with Crippen molar-refractivity contribution in [1.82, 2.24) is 20.2 Å². The smallest absolute Gasteiger partial charge is 0.270 e. The monoisotopic (exact) mass is 310 g/mol. The predicted molar refractivity (Wildman–Crippen MR) is 84.8 cm³/mol. The number of amides is 2. The number of carbonyl (C=O) groups excluding carboxylic acids is 2. The maximum Gasteiger partial charge on any atom is 0.270 e. The molecule has 0 aromatic carbocycles. The van der Waals surface area contributed by atoms with E-state index in [1.54, 1.807) is 18.3 Å². The van der Waals surface area contributed by atoms with Gasteiger partial charge in [-0.05, 0) is 37.1 Å². The van der Waals surface area contributed by atoms with Crippen molar-refractivity contribution < 1.29 is 9.59 Å². The first-order valence-corrected chi connectivity index (χ1v) is 7.67. The van der Waals surface area contributed by atoms with Crippen molar-refractivity contribution in [3.05, 3.63) is 59.7 Å². The van der Waals surface area contributed by atoms with Gasteiger partial charge in [0.1, 0.15) is 5.69 Å². The fraction of sp³-hybridized carbons (Fsp3) is 0.294. The molecular weight excluding hydrogens is 292 g/mol. The number of nitrogens with zero attached hydrogens (tertiary/aromatic N) is 3. The van der Waals surface area contributed by atoms with Crippen LogP contribution in [0.5, 0.6) is 0 Å². The van der Waals surface area contributed by atoms with Crippen LogP contribution in [0.15, 0.2) is 42.7 Å². The molecule has 2 amide bonds. The molecule has 1 aliphatic rings. The van der Waals surface area contributed by atoms with Gasteiger partial charge in [-0.25, -0.2) is 0 Å². The van der Waals surface area contributed by atoms with Crippen molar-refractivity contribution in [2.24, 2.45) is 0 Å². The van der Waals surface area contributed by atoms with Gasteiger partial charge >= 0.3 is 0 Å². The number of hydrogen-bond acceptors (Lipinski definition) is 4. The normalized spacial score (nSPS) is 13.8. The van der Waals surface area contributed by atoms with Crippen LogP contribution in [0, 0.1) is 0 Å². The number of carbonyl (C=O) groups is 2. The van der Waals surface area contributed by atoms with Gasteiger partial charge in [0.2, 0.25) is 0 Å². The largest absolute Gasteiger partial charge is 0.345 e. The summed E-state index contributed by atoms with van der Waals surface area (Å²) in [6, 6.07) is 8.72. The number of hydrogen-bond donors (Lipinski definition) is 1. The second-order valence-electron chi connectivity index (χ2n) is 5.43. The number of aromatic nitrogens is 2. The molecule has 0 spiro atoms. The van der Waals surface area contributed by atoms with Crippen LogP contribution in [0.25, 0.3) is 0 Å². The van der Waals surface area contributed by atoms with E-state index in [0.29, 0.717) is 12.1 Å². The zero-order valence-corrected chi connectivity index (χ0v) is 12.7. The molecule has 6 heteroatoms. The molecule has 0 unspecified atom stereocenters. The van der Waals surface area contributed by atoms with Crippen LogP contribution in [0.4, 0.5) is 0 Å². The maximum atomic E-state index is 12.4. The second-order valence-corrected chi connectivity index (χ2v) is 5.43. The van der Waals surface area contributed by atoms with Gasteiger partial charge in [0, 0.05) is 31.0 Å². The van der Waals surface area contributed by atoms with Gasteiger partial charge in [0.05, 0.1) is 12.2 Å². The Morgan fingerprint density at radius 1 is 1.09 bits per heavy atom. The third kappa shape index (κ3) is 3.71. The quantitative estimate of drug-likeness (QED) is 0.931. The van der Waals surface area contributed by atoms with Gasteiger partial charge in [0.15, 0.2) is 0 Å². The Morgan fingerprint density at radius 2 is 1.91 bits per heavy atom. The van der Waals surface area contributed by atoms with Gasteiger partial charge in [-0.15, -0.1) is 0 Å². The van der Waals surface area contributed by atoms with Gasteiger partial charge in [-0.1, -0.05) is 6.07 Å². The van der Waals surface area contributed by atoms with Crippen molar-refractivity contribution in [1.29, 1.82) is 0 Å². The third-order valence-corrected chi connectivity index (χ3v) is 3.79. The molecular formula is C17H18N4O2. The standard InChI is InChI=1S/C17H18N4O2/c22-16(20-12-14-5-1-2-7-18-14)15-11-13(6-8-19-15)17(23)21-9-3-4-10-21/h1-2,5-8,11H,3-4,9-10,12H2,(H,20,22). The zero-order valence-electron chi connectivity index (χ0n) is 12.7. The van der Waals surface area contributed by atoms with Crippen LogP contribution in [-0.2, 0) is 6.54 Å². The molecule has 2 aromatic rings. The minimum atomic E-state index is -0.313. The van der Waals surface area contributed by atoms with Crippen molar-refractivity contribution >= 4 is 11.8 Å².